The van der Waals surface area contributed by atoms with Crippen molar-refractivity contribution in [1.29, 1.82) is 0 Å². The number of rotatable bonds is 3. The molecule has 0 saturated carbocycles. The minimum Gasteiger partial charge on any atom is -0.339 e. The van der Waals surface area contributed by atoms with Crippen molar-refractivity contribution in [2.75, 3.05) is 11.4 Å². The van der Waals surface area contributed by atoms with Crippen LogP contribution in [-0.4, -0.2) is 24.4 Å². The molecule has 4 nitrogen and oxygen atoms in total. The summed E-state index contributed by atoms with van der Waals surface area (Å²) in [7, 11) is 0. The molecule has 1 aliphatic rings. The molecule has 22 heavy (non-hydrogen) atoms. The molecule has 114 valence electrons. The van der Waals surface area contributed by atoms with E-state index in [1.165, 1.54) is 23.5 Å². The highest BCUT2D eigenvalue weighted by Gasteiger charge is 2.33. The summed E-state index contributed by atoms with van der Waals surface area (Å²) in [6.07, 6.45) is 0.515. The van der Waals surface area contributed by atoms with Gasteiger partial charge in [0.05, 0.1) is 9.21 Å². The molecule has 0 radical (unpaired) electrons. The number of benzene rings is 1. The molecule has 1 saturated heterocycles. The van der Waals surface area contributed by atoms with Gasteiger partial charge in [-0.05, 0) is 42.8 Å². The van der Waals surface area contributed by atoms with E-state index in [-0.39, 0.29) is 17.6 Å². The molecule has 1 aliphatic heterocycles. The second-order valence-electron chi connectivity index (χ2n) is 4.88. The van der Waals surface area contributed by atoms with Crippen LogP contribution in [0.4, 0.5) is 10.1 Å². The Hall–Kier alpha value is -1.92. The Bertz CT molecular complexity index is 717. The summed E-state index contributed by atoms with van der Waals surface area (Å²) >= 11 is 6.96. The molecule has 2 aromatic rings. The monoisotopic (exact) mass is 338 g/mol. The van der Waals surface area contributed by atoms with E-state index < -0.39 is 6.04 Å². The van der Waals surface area contributed by atoms with Crippen molar-refractivity contribution in [3.8, 4) is 0 Å². The van der Waals surface area contributed by atoms with Gasteiger partial charge in [0.1, 0.15) is 11.9 Å². The maximum atomic E-state index is 12.9. The maximum absolute atomic E-state index is 12.9. The van der Waals surface area contributed by atoms with Gasteiger partial charge in [0, 0.05) is 12.2 Å². The minimum atomic E-state index is -0.571. The zero-order valence-electron chi connectivity index (χ0n) is 11.4. The highest BCUT2D eigenvalue weighted by atomic mass is 35.5. The van der Waals surface area contributed by atoms with Gasteiger partial charge in [-0.15, -0.1) is 11.3 Å². The first-order valence-electron chi connectivity index (χ1n) is 6.68. The van der Waals surface area contributed by atoms with Gasteiger partial charge in [0.15, 0.2) is 0 Å². The fraction of sp³-hybridized carbons (Fsp3) is 0.200. The van der Waals surface area contributed by atoms with Crippen LogP contribution < -0.4 is 10.2 Å². The maximum Gasteiger partial charge on any atom is 0.262 e. The second-order valence-corrected chi connectivity index (χ2v) is 6.60. The number of nitrogens with one attached hydrogen (secondary N) is 1. The third kappa shape index (κ3) is 2.98. The third-order valence-corrected chi connectivity index (χ3v) is 4.68. The van der Waals surface area contributed by atoms with Gasteiger partial charge in [-0.2, -0.15) is 0 Å². The van der Waals surface area contributed by atoms with Gasteiger partial charge in [-0.3, -0.25) is 9.59 Å². The predicted octanol–water partition coefficient (Wildman–Crippen LogP) is 3.08. The van der Waals surface area contributed by atoms with Gasteiger partial charge >= 0.3 is 0 Å². The van der Waals surface area contributed by atoms with Gasteiger partial charge < -0.3 is 10.2 Å². The van der Waals surface area contributed by atoms with E-state index in [0.717, 1.165) is 0 Å². The Balaban J connectivity index is 1.68. The smallest absolute Gasteiger partial charge is 0.262 e. The fourth-order valence-electron chi connectivity index (χ4n) is 2.36. The van der Waals surface area contributed by atoms with Crippen LogP contribution >= 0.6 is 22.9 Å². The van der Waals surface area contributed by atoms with E-state index in [4.69, 9.17) is 11.6 Å². The number of hydrogen-bond donors (Lipinski definition) is 1. The molecule has 3 rings (SSSR count). The Morgan fingerprint density at radius 3 is 2.64 bits per heavy atom. The van der Waals surface area contributed by atoms with Crippen molar-refractivity contribution in [1.82, 2.24) is 5.32 Å². The first-order chi connectivity index (χ1) is 10.5. The summed E-state index contributed by atoms with van der Waals surface area (Å²) < 4.78 is 13.5. The van der Waals surface area contributed by atoms with E-state index >= 15 is 0 Å². The Labute approximate surface area is 135 Å². The predicted molar refractivity (Wildman–Crippen MR) is 84.0 cm³/mol. The number of carbonyl (C=O) groups excluding carboxylic acids is 2. The summed E-state index contributed by atoms with van der Waals surface area (Å²) in [6, 6.07) is 8.41. The van der Waals surface area contributed by atoms with Crippen molar-refractivity contribution in [3.05, 3.63) is 51.4 Å². The van der Waals surface area contributed by atoms with E-state index in [1.54, 1.807) is 29.2 Å². The van der Waals surface area contributed by atoms with Crippen molar-refractivity contribution in [3.63, 3.8) is 0 Å². The molecule has 1 aromatic heterocycles. The first kappa shape index (κ1) is 15.0. The van der Waals surface area contributed by atoms with Crippen LogP contribution in [0, 0.1) is 5.82 Å². The quantitative estimate of drug-likeness (QED) is 0.935. The molecular weight excluding hydrogens is 327 g/mol. The summed E-state index contributed by atoms with van der Waals surface area (Å²) in [5, 5.41) is 2.72. The summed E-state index contributed by atoms with van der Waals surface area (Å²) in [5.74, 6) is -0.853. The standard InChI is InChI=1S/C15H12ClFN2O2S/c16-13-6-5-12(22-13)14(20)18-11-7-8-19(15(11)21)10-3-1-9(17)2-4-10/h1-6,11H,7-8H2,(H,18,20)/t11-/m0/s1. The lowest BCUT2D eigenvalue weighted by molar-refractivity contribution is -0.118. The SMILES string of the molecule is O=C(N[C@H]1CCN(c2ccc(F)cc2)C1=O)c1ccc(Cl)s1. The molecule has 0 bridgehead atoms. The van der Waals surface area contributed by atoms with Crippen LogP contribution in [0.1, 0.15) is 16.1 Å². The molecular formula is C15H12ClFN2O2S. The van der Waals surface area contributed by atoms with E-state index in [1.807, 2.05) is 0 Å². The van der Waals surface area contributed by atoms with Crippen LogP contribution in [0.25, 0.3) is 0 Å². The molecule has 1 N–H and O–H groups in total. The van der Waals surface area contributed by atoms with Crippen LogP contribution in [0.2, 0.25) is 4.34 Å². The highest BCUT2D eigenvalue weighted by Crippen LogP contribution is 2.24. The van der Waals surface area contributed by atoms with Crippen molar-refractivity contribution in [2.45, 2.75) is 12.5 Å². The molecule has 1 atom stereocenters. The zero-order valence-corrected chi connectivity index (χ0v) is 13.0. The average Bonchev–Trinajstić information content (AvgIpc) is 3.08. The Kier molecular flexibility index (Phi) is 4.13. The fourth-order valence-corrected chi connectivity index (χ4v) is 3.30. The Morgan fingerprint density at radius 1 is 1.27 bits per heavy atom. The normalized spacial score (nSPS) is 17.8. The summed E-state index contributed by atoms with van der Waals surface area (Å²) in [4.78, 5) is 26.4. The number of nitrogens with zero attached hydrogens (tertiary/aromatic N) is 1. The lowest BCUT2D eigenvalue weighted by Crippen LogP contribution is -2.41. The molecule has 0 unspecified atom stereocenters. The molecule has 2 amide bonds. The number of thiophene rings is 1. The molecule has 2 heterocycles. The van der Waals surface area contributed by atoms with Crippen molar-refractivity contribution >= 4 is 40.4 Å². The van der Waals surface area contributed by atoms with E-state index in [9.17, 15) is 14.0 Å². The van der Waals surface area contributed by atoms with Gasteiger partial charge in [-0.1, -0.05) is 11.6 Å². The topological polar surface area (TPSA) is 49.4 Å². The molecule has 0 aliphatic carbocycles. The third-order valence-electron chi connectivity index (χ3n) is 3.45. The van der Waals surface area contributed by atoms with Gasteiger partial charge in [0.25, 0.3) is 5.91 Å². The van der Waals surface area contributed by atoms with Gasteiger partial charge in [0.2, 0.25) is 5.91 Å². The number of anilines is 1. The number of halogens is 2. The molecule has 0 spiro atoms. The molecule has 1 fully saturated rings. The van der Waals surface area contributed by atoms with Crippen molar-refractivity contribution in [2.24, 2.45) is 0 Å². The largest absolute Gasteiger partial charge is 0.339 e. The van der Waals surface area contributed by atoms with Crippen molar-refractivity contribution < 1.29 is 14.0 Å². The summed E-state index contributed by atoms with van der Waals surface area (Å²) in [6.45, 7) is 0.487. The summed E-state index contributed by atoms with van der Waals surface area (Å²) in [5.41, 5.74) is 0.627. The minimum absolute atomic E-state index is 0.192. The van der Waals surface area contributed by atoms with Crippen LogP contribution in [0.3, 0.4) is 0 Å². The lowest BCUT2D eigenvalue weighted by atomic mass is 10.2. The van der Waals surface area contributed by atoms with Gasteiger partial charge in [-0.25, -0.2) is 4.39 Å². The second kappa shape index (κ2) is 6.06. The number of amides is 2. The highest BCUT2D eigenvalue weighted by molar-refractivity contribution is 7.18. The average molecular weight is 339 g/mol. The van der Waals surface area contributed by atoms with Crippen LogP contribution in [0.15, 0.2) is 36.4 Å². The number of hydrogen-bond acceptors (Lipinski definition) is 3. The number of carbonyl (C=O) groups is 2. The molecule has 1 aromatic carbocycles. The van der Waals surface area contributed by atoms with E-state index in [2.05, 4.69) is 5.32 Å². The first-order valence-corrected chi connectivity index (χ1v) is 7.87. The zero-order chi connectivity index (χ0) is 15.7. The van der Waals surface area contributed by atoms with Crippen LogP contribution in [-0.2, 0) is 4.79 Å². The van der Waals surface area contributed by atoms with E-state index in [0.29, 0.717) is 27.9 Å². The van der Waals surface area contributed by atoms with Crippen LogP contribution in [0.5, 0.6) is 0 Å². The lowest BCUT2D eigenvalue weighted by Gasteiger charge is -2.17. The molecule has 7 heteroatoms. The Morgan fingerprint density at radius 2 is 2.00 bits per heavy atom.